The second-order valence-corrected chi connectivity index (χ2v) is 5.46. The molecule has 1 aromatic carbocycles. The van der Waals surface area contributed by atoms with Crippen molar-refractivity contribution in [2.45, 2.75) is 39.3 Å². The molecule has 4 heteroatoms. The molecule has 0 fully saturated rings. The van der Waals surface area contributed by atoms with Gasteiger partial charge in [0.15, 0.2) is 0 Å². The SMILES string of the molecule is CC(C)NCCCC(=O)N(C)Cc1ccccc1Cl. The highest BCUT2D eigenvalue weighted by atomic mass is 35.5. The maximum Gasteiger partial charge on any atom is 0.222 e. The van der Waals surface area contributed by atoms with Gasteiger partial charge in [-0.25, -0.2) is 0 Å². The van der Waals surface area contributed by atoms with Crippen LogP contribution in [-0.4, -0.2) is 30.4 Å². The van der Waals surface area contributed by atoms with Crippen molar-refractivity contribution in [3.63, 3.8) is 0 Å². The van der Waals surface area contributed by atoms with Crippen LogP contribution in [0.2, 0.25) is 5.02 Å². The Balaban J connectivity index is 2.35. The lowest BCUT2D eigenvalue weighted by molar-refractivity contribution is -0.130. The smallest absolute Gasteiger partial charge is 0.222 e. The number of rotatable bonds is 7. The Morgan fingerprint density at radius 2 is 2.05 bits per heavy atom. The van der Waals surface area contributed by atoms with Crippen LogP contribution in [0, 0.1) is 0 Å². The van der Waals surface area contributed by atoms with Gasteiger partial charge < -0.3 is 10.2 Å². The predicted molar refractivity (Wildman–Crippen MR) is 80.3 cm³/mol. The summed E-state index contributed by atoms with van der Waals surface area (Å²) in [7, 11) is 1.82. The molecular formula is C15H23ClN2O. The minimum Gasteiger partial charge on any atom is -0.341 e. The van der Waals surface area contributed by atoms with E-state index in [1.165, 1.54) is 0 Å². The third-order valence-corrected chi connectivity index (χ3v) is 3.28. The van der Waals surface area contributed by atoms with Gasteiger partial charge in [-0.15, -0.1) is 0 Å². The number of halogens is 1. The fraction of sp³-hybridized carbons (Fsp3) is 0.533. The predicted octanol–water partition coefficient (Wildman–Crippen LogP) is 3.08. The molecule has 106 valence electrons. The fourth-order valence-electron chi connectivity index (χ4n) is 1.79. The molecule has 0 aliphatic rings. The van der Waals surface area contributed by atoms with E-state index >= 15 is 0 Å². The first-order chi connectivity index (χ1) is 9.00. The Kier molecular flexibility index (Phi) is 6.89. The minimum atomic E-state index is 0.158. The van der Waals surface area contributed by atoms with Gasteiger partial charge in [0, 0.05) is 31.1 Å². The zero-order valence-corrected chi connectivity index (χ0v) is 12.7. The van der Waals surface area contributed by atoms with Gasteiger partial charge >= 0.3 is 0 Å². The van der Waals surface area contributed by atoms with E-state index in [-0.39, 0.29) is 5.91 Å². The summed E-state index contributed by atoms with van der Waals surface area (Å²) in [5, 5.41) is 4.02. The Morgan fingerprint density at radius 3 is 2.68 bits per heavy atom. The maximum absolute atomic E-state index is 12.0. The molecule has 0 atom stereocenters. The van der Waals surface area contributed by atoms with Gasteiger partial charge in [0.25, 0.3) is 0 Å². The first kappa shape index (κ1) is 16.0. The molecule has 1 N–H and O–H groups in total. The Labute approximate surface area is 120 Å². The van der Waals surface area contributed by atoms with Crippen molar-refractivity contribution in [2.75, 3.05) is 13.6 Å². The molecule has 1 rings (SSSR count). The second-order valence-electron chi connectivity index (χ2n) is 5.05. The van der Waals surface area contributed by atoms with Crippen LogP contribution in [0.1, 0.15) is 32.3 Å². The molecule has 0 saturated heterocycles. The summed E-state index contributed by atoms with van der Waals surface area (Å²) in [6.45, 7) is 5.65. The number of carbonyl (C=O) groups excluding carboxylic acids is 1. The van der Waals surface area contributed by atoms with Crippen LogP contribution in [0.3, 0.4) is 0 Å². The molecule has 1 aromatic rings. The highest BCUT2D eigenvalue weighted by molar-refractivity contribution is 6.31. The molecule has 0 aliphatic carbocycles. The van der Waals surface area contributed by atoms with Crippen molar-refractivity contribution < 1.29 is 4.79 Å². The van der Waals surface area contributed by atoms with Gasteiger partial charge in [0.2, 0.25) is 5.91 Å². The number of benzene rings is 1. The summed E-state index contributed by atoms with van der Waals surface area (Å²) in [5.74, 6) is 0.158. The largest absolute Gasteiger partial charge is 0.341 e. The van der Waals surface area contributed by atoms with Crippen LogP contribution < -0.4 is 5.32 Å². The highest BCUT2D eigenvalue weighted by Crippen LogP contribution is 2.16. The molecular weight excluding hydrogens is 260 g/mol. The minimum absolute atomic E-state index is 0.158. The summed E-state index contributed by atoms with van der Waals surface area (Å²) >= 11 is 6.09. The number of hydrogen-bond acceptors (Lipinski definition) is 2. The normalized spacial score (nSPS) is 10.8. The summed E-state index contributed by atoms with van der Waals surface area (Å²) in [6, 6.07) is 8.10. The molecule has 0 saturated carbocycles. The number of carbonyl (C=O) groups is 1. The van der Waals surface area contributed by atoms with Crippen molar-refractivity contribution in [2.24, 2.45) is 0 Å². The second kappa shape index (κ2) is 8.18. The van der Waals surface area contributed by atoms with E-state index in [2.05, 4.69) is 19.2 Å². The number of hydrogen-bond donors (Lipinski definition) is 1. The van der Waals surface area contributed by atoms with Crippen LogP contribution in [0.4, 0.5) is 0 Å². The highest BCUT2D eigenvalue weighted by Gasteiger charge is 2.10. The molecule has 0 spiro atoms. The molecule has 0 unspecified atom stereocenters. The van der Waals surface area contributed by atoms with Crippen molar-refractivity contribution in [3.05, 3.63) is 34.9 Å². The summed E-state index contributed by atoms with van der Waals surface area (Å²) in [4.78, 5) is 13.7. The summed E-state index contributed by atoms with van der Waals surface area (Å²) < 4.78 is 0. The first-order valence-electron chi connectivity index (χ1n) is 6.71. The van der Waals surface area contributed by atoms with E-state index in [1.807, 2.05) is 31.3 Å². The fourth-order valence-corrected chi connectivity index (χ4v) is 1.99. The lowest BCUT2D eigenvalue weighted by atomic mass is 10.2. The topological polar surface area (TPSA) is 32.3 Å². The van der Waals surface area contributed by atoms with Crippen molar-refractivity contribution in [1.29, 1.82) is 0 Å². The van der Waals surface area contributed by atoms with Crippen molar-refractivity contribution in [1.82, 2.24) is 10.2 Å². The average Bonchev–Trinajstić information content (AvgIpc) is 2.36. The van der Waals surface area contributed by atoms with E-state index in [0.717, 1.165) is 18.5 Å². The molecule has 0 heterocycles. The zero-order chi connectivity index (χ0) is 14.3. The van der Waals surface area contributed by atoms with E-state index < -0.39 is 0 Å². The van der Waals surface area contributed by atoms with Crippen molar-refractivity contribution >= 4 is 17.5 Å². The Hall–Kier alpha value is -1.06. The quantitative estimate of drug-likeness (QED) is 0.780. The van der Waals surface area contributed by atoms with Gasteiger partial charge in [-0.2, -0.15) is 0 Å². The molecule has 3 nitrogen and oxygen atoms in total. The molecule has 0 radical (unpaired) electrons. The van der Waals surface area contributed by atoms with Gasteiger partial charge in [-0.05, 0) is 24.6 Å². The van der Waals surface area contributed by atoms with E-state index in [4.69, 9.17) is 11.6 Å². The van der Waals surface area contributed by atoms with Crippen LogP contribution in [-0.2, 0) is 11.3 Å². The standard InChI is InChI=1S/C15H23ClN2O/c1-12(2)17-10-6-9-15(19)18(3)11-13-7-4-5-8-14(13)16/h4-5,7-8,12,17H,6,9-11H2,1-3H3. The van der Waals surface area contributed by atoms with Crippen molar-refractivity contribution in [3.8, 4) is 0 Å². The average molecular weight is 283 g/mol. The van der Waals surface area contributed by atoms with Crippen LogP contribution in [0.25, 0.3) is 0 Å². The van der Waals surface area contributed by atoms with Crippen LogP contribution >= 0.6 is 11.6 Å². The maximum atomic E-state index is 12.0. The number of nitrogens with zero attached hydrogens (tertiary/aromatic N) is 1. The summed E-state index contributed by atoms with van der Waals surface area (Å²) in [5.41, 5.74) is 0.986. The van der Waals surface area contributed by atoms with Gasteiger partial charge in [0.1, 0.15) is 0 Å². The van der Waals surface area contributed by atoms with Crippen LogP contribution in [0.5, 0.6) is 0 Å². The Bertz CT molecular complexity index is 407. The van der Waals surface area contributed by atoms with Gasteiger partial charge in [-0.1, -0.05) is 43.6 Å². The molecule has 0 aromatic heterocycles. The number of amides is 1. The number of nitrogens with one attached hydrogen (secondary N) is 1. The summed E-state index contributed by atoms with van der Waals surface area (Å²) in [6.07, 6.45) is 1.44. The molecule has 19 heavy (non-hydrogen) atoms. The zero-order valence-electron chi connectivity index (χ0n) is 11.9. The molecule has 0 aliphatic heterocycles. The first-order valence-corrected chi connectivity index (χ1v) is 7.09. The van der Waals surface area contributed by atoms with Crippen LogP contribution in [0.15, 0.2) is 24.3 Å². The molecule has 0 bridgehead atoms. The lowest BCUT2D eigenvalue weighted by Gasteiger charge is -2.18. The lowest BCUT2D eigenvalue weighted by Crippen LogP contribution is -2.28. The third-order valence-electron chi connectivity index (χ3n) is 2.91. The third kappa shape index (κ3) is 6.08. The molecule has 1 amide bonds. The van der Waals surface area contributed by atoms with Gasteiger partial charge in [0.05, 0.1) is 0 Å². The van der Waals surface area contributed by atoms with Gasteiger partial charge in [-0.3, -0.25) is 4.79 Å². The van der Waals surface area contributed by atoms with E-state index in [1.54, 1.807) is 4.90 Å². The Morgan fingerprint density at radius 1 is 1.37 bits per heavy atom. The monoisotopic (exact) mass is 282 g/mol. The van der Waals surface area contributed by atoms with E-state index in [9.17, 15) is 4.79 Å². The van der Waals surface area contributed by atoms with E-state index in [0.29, 0.717) is 24.0 Å².